The van der Waals surface area contributed by atoms with Gasteiger partial charge in [-0.3, -0.25) is 4.79 Å². The monoisotopic (exact) mass is 478 g/mol. The van der Waals surface area contributed by atoms with Crippen molar-refractivity contribution in [1.29, 1.82) is 0 Å². The van der Waals surface area contributed by atoms with Crippen LogP contribution in [0.25, 0.3) is 0 Å². The SMILES string of the molecule is C=CCc1ccccc1C(=O)ONC(=O)CC1=CC(=NOCCC)C2C(=C1)C(C)(C)CCC2(C)C. The Labute approximate surface area is 209 Å². The molecule has 1 aromatic carbocycles. The maximum atomic E-state index is 12.7. The van der Waals surface area contributed by atoms with E-state index >= 15 is 0 Å². The minimum Gasteiger partial charge on any atom is -0.396 e. The van der Waals surface area contributed by atoms with Crippen LogP contribution in [0.4, 0.5) is 0 Å². The van der Waals surface area contributed by atoms with Crippen LogP contribution in [0, 0.1) is 16.7 Å². The summed E-state index contributed by atoms with van der Waals surface area (Å²) in [4.78, 5) is 36.0. The maximum Gasteiger partial charge on any atom is 0.363 e. The molecule has 0 bridgehead atoms. The van der Waals surface area contributed by atoms with Gasteiger partial charge >= 0.3 is 5.97 Å². The van der Waals surface area contributed by atoms with E-state index in [9.17, 15) is 9.59 Å². The van der Waals surface area contributed by atoms with Crippen molar-refractivity contribution in [3.8, 4) is 0 Å². The number of hydrogen-bond acceptors (Lipinski definition) is 5. The molecule has 1 saturated carbocycles. The number of carbonyl (C=O) groups excluding carboxylic acids is 2. The van der Waals surface area contributed by atoms with Gasteiger partial charge in [0.05, 0.1) is 17.7 Å². The van der Waals surface area contributed by atoms with Gasteiger partial charge in [0, 0.05) is 5.92 Å². The minimum absolute atomic E-state index is 0.0109. The first-order valence-electron chi connectivity index (χ1n) is 12.4. The molecule has 1 atom stereocenters. The molecular formula is C29H38N2O4. The number of nitrogens with one attached hydrogen (secondary N) is 1. The summed E-state index contributed by atoms with van der Waals surface area (Å²) in [5, 5.41) is 4.49. The summed E-state index contributed by atoms with van der Waals surface area (Å²) in [6.07, 6.45) is 9.43. The van der Waals surface area contributed by atoms with E-state index in [-0.39, 0.29) is 23.2 Å². The number of allylic oxidation sites excluding steroid dienone is 4. The van der Waals surface area contributed by atoms with Crippen LogP contribution < -0.4 is 5.48 Å². The Hall–Kier alpha value is -3.15. The van der Waals surface area contributed by atoms with E-state index in [2.05, 4.69) is 51.0 Å². The normalized spacial score (nSPS) is 21.3. The molecule has 1 unspecified atom stereocenters. The molecular weight excluding hydrogens is 440 g/mol. The fourth-order valence-corrected chi connectivity index (χ4v) is 4.91. The van der Waals surface area contributed by atoms with Gasteiger partial charge in [0.25, 0.3) is 5.91 Å². The van der Waals surface area contributed by atoms with Crippen LogP contribution in [0.5, 0.6) is 0 Å². The van der Waals surface area contributed by atoms with E-state index in [1.165, 1.54) is 5.57 Å². The number of amides is 1. The van der Waals surface area contributed by atoms with Crippen LogP contribution in [0.2, 0.25) is 0 Å². The average Bonchev–Trinajstić information content (AvgIpc) is 2.81. The fourth-order valence-electron chi connectivity index (χ4n) is 4.91. The van der Waals surface area contributed by atoms with Gasteiger partial charge in [-0.25, -0.2) is 4.79 Å². The predicted molar refractivity (Wildman–Crippen MR) is 139 cm³/mol. The number of rotatable bonds is 8. The molecule has 6 nitrogen and oxygen atoms in total. The quantitative estimate of drug-likeness (QED) is 0.278. The lowest BCUT2D eigenvalue weighted by atomic mass is 9.55. The molecule has 0 spiro atoms. The Morgan fingerprint density at radius 2 is 1.91 bits per heavy atom. The summed E-state index contributed by atoms with van der Waals surface area (Å²) in [5.74, 6) is -0.867. The van der Waals surface area contributed by atoms with Gasteiger partial charge in [0.2, 0.25) is 0 Å². The van der Waals surface area contributed by atoms with Gasteiger partial charge in [0.15, 0.2) is 0 Å². The lowest BCUT2D eigenvalue weighted by Gasteiger charge is -2.49. The van der Waals surface area contributed by atoms with Crippen LogP contribution in [0.1, 0.15) is 76.2 Å². The zero-order chi connectivity index (χ0) is 25.6. The van der Waals surface area contributed by atoms with E-state index in [1.807, 2.05) is 25.1 Å². The van der Waals surface area contributed by atoms with Crippen LogP contribution in [0.3, 0.4) is 0 Å². The number of fused-ring (bicyclic) bond motifs is 1. The Morgan fingerprint density at radius 1 is 1.17 bits per heavy atom. The summed E-state index contributed by atoms with van der Waals surface area (Å²) in [6.45, 7) is 15.3. The highest BCUT2D eigenvalue weighted by molar-refractivity contribution is 6.02. The van der Waals surface area contributed by atoms with E-state index < -0.39 is 11.9 Å². The molecule has 6 heteroatoms. The summed E-state index contributed by atoms with van der Waals surface area (Å²) in [5.41, 5.74) is 6.49. The van der Waals surface area contributed by atoms with E-state index in [4.69, 9.17) is 9.68 Å². The number of oxime groups is 1. The van der Waals surface area contributed by atoms with Crippen molar-refractivity contribution in [2.45, 2.75) is 66.7 Å². The maximum absolute atomic E-state index is 12.7. The Kier molecular flexibility index (Phi) is 8.36. The largest absolute Gasteiger partial charge is 0.396 e. The first kappa shape index (κ1) is 26.5. The number of hydrogen-bond donors (Lipinski definition) is 1. The van der Waals surface area contributed by atoms with Crippen LogP contribution in [0.15, 0.2) is 65.4 Å². The van der Waals surface area contributed by atoms with Crippen molar-refractivity contribution >= 4 is 17.6 Å². The molecule has 35 heavy (non-hydrogen) atoms. The van der Waals surface area contributed by atoms with Gasteiger partial charge < -0.3 is 9.68 Å². The van der Waals surface area contributed by atoms with E-state index in [1.54, 1.807) is 18.2 Å². The molecule has 1 N–H and O–H groups in total. The second kappa shape index (κ2) is 11.1. The van der Waals surface area contributed by atoms with Crippen molar-refractivity contribution in [2.24, 2.45) is 21.9 Å². The molecule has 0 saturated heterocycles. The zero-order valence-corrected chi connectivity index (χ0v) is 21.6. The second-order valence-electron chi connectivity index (χ2n) is 10.7. The standard InChI is InChI=1S/C29H38N2O4/c1-7-11-21-12-9-10-13-22(21)27(33)35-31-25(32)19-20-17-23-26(24(18-20)30-34-16-8-2)29(5,6)15-14-28(23,3)4/h7,9-10,12-13,17-18,26H,1,8,11,14-16,19H2,2-6H3,(H,31,32). The molecule has 0 aromatic heterocycles. The minimum atomic E-state index is -0.600. The molecule has 188 valence electrons. The topological polar surface area (TPSA) is 77.0 Å². The van der Waals surface area contributed by atoms with Crippen LogP contribution in [-0.4, -0.2) is 24.2 Å². The number of carbonyl (C=O) groups is 2. The summed E-state index contributed by atoms with van der Waals surface area (Å²) < 4.78 is 0. The van der Waals surface area contributed by atoms with Crippen molar-refractivity contribution in [3.05, 3.63) is 71.3 Å². The van der Waals surface area contributed by atoms with Crippen molar-refractivity contribution in [1.82, 2.24) is 5.48 Å². The van der Waals surface area contributed by atoms with E-state index in [0.29, 0.717) is 18.6 Å². The molecule has 0 aliphatic heterocycles. The van der Waals surface area contributed by atoms with E-state index in [0.717, 1.165) is 36.1 Å². The molecule has 0 heterocycles. The van der Waals surface area contributed by atoms with Gasteiger partial charge in [0.1, 0.15) is 6.61 Å². The van der Waals surface area contributed by atoms with Gasteiger partial charge in [-0.1, -0.05) is 75.7 Å². The number of hydroxylamine groups is 1. The number of benzene rings is 1. The first-order valence-corrected chi connectivity index (χ1v) is 12.4. The molecule has 2 aliphatic rings. The molecule has 1 amide bonds. The Morgan fingerprint density at radius 3 is 2.63 bits per heavy atom. The summed E-state index contributed by atoms with van der Waals surface area (Å²) in [6, 6.07) is 7.12. The van der Waals surface area contributed by atoms with Crippen LogP contribution >= 0.6 is 0 Å². The molecule has 1 fully saturated rings. The third-order valence-corrected chi connectivity index (χ3v) is 6.93. The highest BCUT2D eigenvalue weighted by Gasteiger charge is 2.47. The van der Waals surface area contributed by atoms with Crippen molar-refractivity contribution in [3.63, 3.8) is 0 Å². The van der Waals surface area contributed by atoms with Gasteiger partial charge in [-0.15, -0.1) is 6.58 Å². The molecule has 3 rings (SSSR count). The molecule has 1 aromatic rings. The molecule has 2 aliphatic carbocycles. The number of nitrogens with zero attached hydrogens (tertiary/aromatic N) is 1. The molecule has 0 radical (unpaired) electrons. The Balaban J connectivity index is 1.76. The third-order valence-electron chi connectivity index (χ3n) is 6.93. The summed E-state index contributed by atoms with van der Waals surface area (Å²) in [7, 11) is 0. The fraction of sp³-hybridized carbons (Fsp3) is 0.483. The Bertz CT molecular complexity index is 1060. The zero-order valence-electron chi connectivity index (χ0n) is 21.6. The van der Waals surface area contributed by atoms with Gasteiger partial charge in [-0.2, -0.15) is 5.48 Å². The third kappa shape index (κ3) is 6.30. The lowest BCUT2D eigenvalue weighted by Crippen LogP contribution is -2.43. The predicted octanol–water partition coefficient (Wildman–Crippen LogP) is 6.10. The highest BCUT2D eigenvalue weighted by atomic mass is 16.7. The lowest BCUT2D eigenvalue weighted by molar-refractivity contribution is -0.129. The van der Waals surface area contributed by atoms with Crippen molar-refractivity contribution in [2.75, 3.05) is 6.61 Å². The van der Waals surface area contributed by atoms with Crippen molar-refractivity contribution < 1.29 is 19.3 Å². The summed E-state index contributed by atoms with van der Waals surface area (Å²) >= 11 is 0. The van der Waals surface area contributed by atoms with Crippen LogP contribution in [-0.2, 0) is 20.9 Å². The smallest absolute Gasteiger partial charge is 0.363 e. The first-order chi connectivity index (χ1) is 16.6. The highest BCUT2D eigenvalue weighted by Crippen LogP contribution is 2.54. The average molecular weight is 479 g/mol. The van der Waals surface area contributed by atoms with Gasteiger partial charge in [-0.05, 0) is 59.8 Å². The second-order valence-corrected chi connectivity index (χ2v) is 10.7.